The van der Waals surface area contributed by atoms with Crippen LogP contribution in [0, 0.1) is 30.9 Å². The van der Waals surface area contributed by atoms with Gasteiger partial charge in [-0.05, 0) is 37.5 Å². The summed E-state index contributed by atoms with van der Waals surface area (Å²) in [5.74, 6) is 0. The second kappa shape index (κ2) is 6.50. The second-order valence-electron chi connectivity index (χ2n) is 5.37. The summed E-state index contributed by atoms with van der Waals surface area (Å²) in [7, 11) is 0. The van der Waals surface area contributed by atoms with Crippen molar-refractivity contribution >= 4 is 5.69 Å². The van der Waals surface area contributed by atoms with Crippen molar-refractivity contribution in [1.82, 2.24) is 5.32 Å². The molecule has 0 aliphatic carbocycles. The predicted octanol–water partition coefficient (Wildman–Crippen LogP) is 3.81. The molecule has 0 fully saturated rings. The molecule has 21 heavy (non-hydrogen) atoms. The molecule has 0 aliphatic heterocycles. The summed E-state index contributed by atoms with van der Waals surface area (Å²) in [6.07, 6.45) is 0. The Morgan fingerprint density at radius 1 is 1.05 bits per heavy atom. The number of hydrogen-bond acceptors (Lipinski definition) is 3. The van der Waals surface area contributed by atoms with E-state index in [1.165, 1.54) is 22.3 Å². The molecule has 0 aromatic heterocycles. The molecule has 0 spiro atoms. The van der Waals surface area contributed by atoms with Crippen LogP contribution in [-0.4, -0.2) is 4.92 Å². The largest absolute Gasteiger partial charge is 0.308 e. The number of para-hydroxylation sites is 1. The Balaban J connectivity index is 2.08. The fourth-order valence-corrected chi connectivity index (χ4v) is 2.65. The fraction of sp³-hybridized carbons (Fsp3) is 0.294. The number of nitro benzene ring substituents is 1. The van der Waals surface area contributed by atoms with Gasteiger partial charge in [0, 0.05) is 24.7 Å². The molecular formula is C17H20N2O2. The number of nitro groups is 1. The highest BCUT2D eigenvalue weighted by Crippen LogP contribution is 2.19. The van der Waals surface area contributed by atoms with E-state index in [1.54, 1.807) is 18.2 Å². The Kier molecular flexibility index (Phi) is 4.70. The van der Waals surface area contributed by atoms with E-state index >= 15 is 0 Å². The van der Waals surface area contributed by atoms with Crippen molar-refractivity contribution in [3.8, 4) is 0 Å². The third-order valence-electron chi connectivity index (χ3n) is 3.65. The lowest BCUT2D eigenvalue weighted by atomic mass is 10.00. The van der Waals surface area contributed by atoms with E-state index < -0.39 is 0 Å². The summed E-state index contributed by atoms with van der Waals surface area (Å²) in [6, 6.07) is 11.2. The number of aryl methyl sites for hydroxylation is 3. The summed E-state index contributed by atoms with van der Waals surface area (Å²) in [5, 5.41) is 14.3. The van der Waals surface area contributed by atoms with E-state index in [-0.39, 0.29) is 10.6 Å². The lowest BCUT2D eigenvalue weighted by Crippen LogP contribution is -2.15. The number of hydrogen-bond donors (Lipinski definition) is 1. The third kappa shape index (κ3) is 3.67. The van der Waals surface area contributed by atoms with Crippen molar-refractivity contribution in [1.29, 1.82) is 0 Å². The van der Waals surface area contributed by atoms with Crippen LogP contribution in [0.5, 0.6) is 0 Å². The molecule has 0 saturated carbocycles. The summed E-state index contributed by atoms with van der Waals surface area (Å²) >= 11 is 0. The first kappa shape index (κ1) is 15.2. The number of nitrogens with one attached hydrogen (secondary N) is 1. The van der Waals surface area contributed by atoms with Gasteiger partial charge in [-0.15, -0.1) is 0 Å². The standard InChI is InChI=1S/C17H20N2O2/c1-12-8-13(2)16(14(3)9-12)11-18-10-15-6-4-5-7-17(15)19(20)21/h4-9,18H,10-11H2,1-3H3. The first-order valence-corrected chi connectivity index (χ1v) is 6.99. The van der Waals surface area contributed by atoms with Crippen LogP contribution in [0.1, 0.15) is 27.8 Å². The average molecular weight is 284 g/mol. The van der Waals surface area contributed by atoms with Gasteiger partial charge in [0.25, 0.3) is 5.69 Å². The maximum atomic E-state index is 11.0. The second-order valence-corrected chi connectivity index (χ2v) is 5.37. The Bertz CT molecular complexity index is 643. The quantitative estimate of drug-likeness (QED) is 0.671. The normalized spacial score (nSPS) is 10.6. The number of benzene rings is 2. The van der Waals surface area contributed by atoms with Gasteiger partial charge in [-0.25, -0.2) is 0 Å². The summed E-state index contributed by atoms with van der Waals surface area (Å²) in [5.41, 5.74) is 5.91. The first-order valence-electron chi connectivity index (χ1n) is 6.99. The van der Waals surface area contributed by atoms with Gasteiger partial charge in [0.15, 0.2) is 0 Å². The lowest BCUT2D eigenvalue weighted by Gasteiger charge is -2.12. The minimum absolute atomic E-state index is 0.169. The topological polar surface area (TPSA) is 55.2 Å². The molecule has 0 aliphatic rings. The summed E-state index contributed by atoms with van der Waals surface area (Å²) < 4.78 is 0. The SMILES string of the molecule is Cc1cc(C)c(CNCc2ccccc2[N+](=O)[O-])c(C)c1. The van der Waals surface area contributed by atoms with E-state index in [0.29, 0.717) is 18.7 Å². The molecule has 2 aromatic rings. The van der Waals surface area contributed by atoms with Crippen LogP contribution in [0.25, 0.3) is 0 Å². The first-order chi connectivity index (χ1) is 9.99. The third-order valence-corrected chi connectivity index (χ3v) is 3.65. The zero-order valence-electron chi connectivity index (χ0n) is 12.6. The van der Waals surface area contributed by atoms with Crippen molar-refractivity contribution < 1.29 is 4.92 Å². The van der Waals surface area contributed by atoms with E-state index in [0.717, 1.165) is 0 Å². The molecule has 1 N–H and O–H groups in total. The summed E-state index contributed by atoms with van der Waals surface area (Å²) in [4.78, 5) is 10.6. The number of rotatable bonds is 5. The Morgan fingerprint density at radius 2 is 1.67 bits per heavy atom. The zero-order chi connectivity index (χ0) is 15.4. The molecule has 0 amide bonds. The predicted molar refractivity (Wildman–Crippen MR) is 84.3 cm³/mol. The van der Waals surface area contributed by atoms with Crippen LogP contribution < -0.4 is 5.32 Å². The van der Waals surface area contributed by atoms with Crippen LogP contribution in [0.2, 0.25) is 0 Å². The van der Waals surface area contributed by atoms with E-state index in [1.807, 2.05) is 6.07 Å². The maximum absolute atomic E-state index is 11.0. The van der Waals surface area contributed by atoms with Crippen molar-refractivity contribution in [3.05, 3.63) is 74.3 Å². The van der Waals surface area contributed by atoms with Gasteiger partial charge in [0.2, 0.25) is 0 Å². The maximum Gasteiger partial charge on any atom is 0.273 e. The minimum Gasteiger partial charge on any atom is -0.308 e. The summed E-state index contributed by atoms with van der Waals surface area (Å²) in [6.45, 7) is 7.49. The van der Waals surface area contributed by atoms with Gasteiger partial charge in [-0.3, -0.25) is 10.1 Å². The molecule has 0 radical (unpaired) electrons. The van der Waals surface area contributed by atoms with Crippen LogP contribution in [0.15, 0.2) is 36.4 Å². The minimum atomic E-state index is -0.334. The monoisotopic (exact) mass is 284 g/mol. The van der Waals surface area contributed by atoms with Gasteiger partial charge in [0.1, 0.15) is 0 Å². The van der Waals surface area contributed by atoms with Crippen LogP contribution in [-0.2, 0) is 13.1 Å². The molecule has 0 atom stereocenters. The molecule has 0 saturated heterocycles. The highest BCUT2D eigenvalue weighted by Gasteiger charge is 2.12. The van der Waals surface area contributed by atoms with Gasteiger partial charge in [-0.1, -0.05) is 35.9 Å². The van der Waals surface area contributed by atoms with Crippen molar-refractivity contribution in [3.63, 3.8) is 0 Å². The number of nitrogens with zero attached hydrogens (tertiary/aromatic N) is 1. The van der Waals surface area contributed by atoms with Crippen molar-refractivity contribution in [2.75, 3.05) is 0 Å². The zero-order valence-corrected chi connectivity index (χ0v) is 12.6. The molecule has 2 aromatic carbocycles. The van der Waals surface area contributed by atoms with E-state index in [9.17, 15) is 10.1 Å². The smallest absolute Gasteiger partial charge is 0.273 e. The van der Waals surface area contributed by atoms with Gasteiger partial charge >= 0.3 is 0 Å². The highest BCUT2D eigenvalue weighted by atomic mass is 16.6. The van der Waals surface area contributed by atoms with Crippen LogP contribution >= 0.6 is 0 Å². The molecule has 4 nitrogen and oxygen atoms in total. The molecule has 110 valence electrons. The molecule has 0 heterocycles. The van der Waals surface area contributed by atoms with E-state index in [2.05, 4.69) is 38.2 Å². The molecular weight excluding hydrogens is 264 g/mol. The Hall–Kier alpha value is -2.20. The molecule has 0 bridgehead atoms. The van der Waals surface area contributed by atoms with Crippen molar-refractivity contribution in [2.24, 2.45) is 0 Å². The van der Waals surface area contributed by atoms with E-state index in [4.69, 9.17) is 0 Å². The highest BCUT2D eigenvalue weighted by molar-refractivity contribution is 5.40. The fourth-order valence-electron chi connectivity index (χ4n) is 2.65. The van der Waals surface area contributed by atoms with Crippen molar-refractivity contribution in [2.45, 2.75) is 33.9 Å². The van der Waals surface area contributed by atoms with Crippen LogP contribution in [0.3, 0.4) is 0 Å². The van der Waals surface area contributed by atoms with Gasteiger partial charge in [-0.2, -0.15) is 0 Å². The van der Waals surface area contributed by atoms with Gasteiger partial charge in [0.05, 0.1) is 4.92 Å². The average Bonchev–Trinajstić information content (AvgIpc) is 2.42. The van der Waals surface area contributed by atoms with Gasteiger partial charge < -0.3 is 5.32 Å². The Morgan fingerprint density at radius 3 is 2.29 bits per heavy atom. The lowest BCUT2D eigenvalue weighted by molar-refractivity contribution is -0.385. The molecule has 2 rings (SSSR count). The Labute approximate surface area is 125 Å². The van der Waals surface area contributed by atoms with Crippen LogP contribution in [0.4, 0.5) is 5.69 Å². The molecule has 0 unspecified atom stereocenters. The molecule has 4 heteroatoms.